The van der Waals surface area contributed by atoms with Crippen molar-refractivity contribution in [3.63, 3.8) is 0 Å². The van der Waals surface area contributed by atoms with Crippen molar-refractivity contribution in [2.75, 3.05) is 5.32 Å². The predicted octanol–water partition coefficient (Wildman–Crippen LogP) is 1.65. The number of aromatic nitrogens is 1. The lowest BCUT2D eigenvalue weighted by atomic mass is 10.1. The van der Waals surface area contributed by atoms with E-state index in [9.17, 15) is 4.79 Å². The molecule has 0 saturated heterocycles. The first-order chi connectivity index (χ1) is 9.01. The molecule has 1 aliphatic rings. The first-order valence-electron chi connectivity index (χ1n) is 6.46. The fourth-order valence-electron chi connectivity index (χ4n) is 1.91. The van der Waals surface area contributed by atoms with Crippen LogP contribution in [-0.4, -0.2) is 23.0 Å². The lowest BCUT2D eigenvalue weighted by Gasteiger charge is -2.16. The van der Waals surface area contributed by atoms with Gasteiger partial charge in [-0.3, -0.25) is 4.79 Å². The molecule has 1 aliphatic carbocycles. The summed E-state index contributed by atoms with van der Waals surface area (Å²) >= 11 is 0. The lowest BCUT2D eigenvalue weighted by molar-refractivity contribution is -0.121. The van der Waals surface area contributed by atoms with Crippen molar-refractivity contribution in [1.82, 2.24) is 10.3 Å². The quantitative estimate of drug-likeness (QED) is 0.860. The SMILES string of the molecule is Cc1cc(C)c(C#N)c(NC(C)C(=O)NC2CC2)n1. The van der Waals surface area contributed by atoms with Gasteiger partial charge in [-0.15, -0.1) is 0 Å². The Labute approximate surface area is 113 Å². The Morgan fingerprint density at radius 3 is 2.79 bits per heavy atom. The van der Waals surface area contributed by atoms with Gasteiger partial charge < -0.3 is 10.6 Å². The third-order valence-corrected chi connectivity index (χ3v) is 3.13. The minimum atomic E-state index is -0.401. The summed E-state index contributed by atoms with van der Waals surface area (Å²) in [5.41, 5.74) is 2.19. The van der Waals surface area contributed by atoms with Crippen LogP contribution in [0.5, 0.6) is 0 Å². The second-order valence-corrected chi connectivity index (χ2v) is 5.06. The summed E-state index contributed by atoms with van der Waals surface area (Å²) < 4.78 is 0. The summed E-state index contributed by atoms with van der Waals surface area (Å²) in [4.78, 5) is 16.2. The van der Waals surface area contributed by atoms with Crippen LogP contribution < -0.4 is 10.6 Å². The summed E-state index contributed by atoms with van der Waals surface area (Å²) in [5.74, 6) is 0.436. The zero-order valence-electron chi connectivity index (χ0n) is 11.4. The Morgan fingerprint density at radius 2 is 2.21 bits per heavy atom. The molecule has 1 saturated carbocycles. The molecule has 19 heavy (non-hydrogen) atoms. The summed E-state index contributed by atoms with van der Waals surface area (Å²) in [6.45, 7) is 5.51. The van der Waals surface area contributed by atoms with Crippen molar-refractivity contribution >= 4 is 11.7 Å². The second-order valence-electron chi connectivity index (χ2n) is 5.06. The number of hydrogen-bond donors (Lipinski definition) is 2. The van der Waals surface area contributed by atoms with E-state index in [4.69, 9.17) is 5.26 Å². The maximum atomic E-state index is 11.9. The fraction of sp³-hybridized carbons (Fsp3) is 0.500. The molecule has 0 aromatic carbocycles. The summed E-state index contributed by atoms with van der Waals surface area (Å²) in [7, 11) is 0. The third-order valence-electron chi connectivity index (χ3n) is 3.13. The van der Waals surface area contributed by atoms with Crippen LogP contribution in [-0.2, 0) is 4.79 Å². The number of pyridine rings is 1. The number of nitrogens with one attached hydrogen (secondary N) is 2. The van der Waals surface area contributed by atoms with Gasteiger partial charge in [0.1, 0.15) is 17.9 Å². The highest BCUT2D eigenvalue weighted by molar-refractivity contribution is 5.84. The Kier molecular flexibility index (Phi) is 3.70. The Balaban J connectivity index is 2.13. The van der Waals surface area contributed by atoms with E-state index in [0.29, 0.717) is 17.4 Å². The van der Waals surface area contributed by atoms with Gasteiger partial charge in [-0.05, 0) is 45.2 Å². The Morgan fingerprint density at radius 1 is 1.53 bits per heavy atom. The highest BCUT2D eigenvalue weighted by Gasteiger charge is 2.26. The topological polar surface area (TPSA) is 77.8 Å². The molecule has 0 spiro atoms. The molecule has 1 atom stereocenters. The standard InChI is InChI=1S/C14H18N4O/c1-8-6-9(2)16-13(12(8)7-15)17-10(3)14(19)18-11-4-5-11/h6,10-11H,4-5H2,1-3H3,(H,16,17)(H,18,19). The van der Waals surface area contributed by atoms with Crippen LogP contribution in [0.4, 0.5) is 5.82 Å². The molecular weight excluding hydrogens is 240 g/mol. The van der Waals surface area contributed by atoms with Gasteiger partial charge in [0.15, 0.2) is 0 Å². The number of hydrogen-bond acceptors (Lipinski definition) is 4. The lowest BCUT2D eigenvalue weighted by Crippen LogP contribution is -2.39. The zero-order chi connectivity index (χ0) is 14.0. The molecule has 1 unspecified atom stereocenters. The second kappa shape index (κ2) is 5.27. The van der Waals surface area contributed by atoms with Crippen LogP contribution in [0.15, 0.2) is 6.07 Å². The van der Waals surface area contributed by atoms with E-state index < -0.39 is 6.04 Å². The van der Waals surface area contributed by atoms with E-state index >= 15 is 0 Å². The maximum absolute atomic E-state index is 11.9. The monoisotopic (exact) mass is 258 g/mol. The van der Waals surface area contributed by atoms with Crippen molar-refractivity contribution in [3.8, 4) is 6.07 Å². The van der Waals surface area contributed by atoms with E-state index in [1.807, 2.05) is 19.9 Å². The number of anilines is 1. The van der Waals surface area contributed by atoms with E-state index in [-0.39, 0.29) is 5.91 Å². The van der Waals surface area contributed by atoms with Crippen LogP contribution in [0, 0.1) is 25.2 Å². The molecule has 0 bridgehead atoms. The highest BCUT2D eigenvalue weighted by Crippen LogP contribution is 2.20. The minimum absolute atomic E-state index is 0.0488. The van der Waals surface area contributed by atoms with Crippen LogP contribution in [0.1, 0.15) is 36.6 Å². The predicted molar refractivity (Wildman–Crippen MR) is 72.7 cm³/mol. The molecule has 0 radical (unpaired) electrons. The van der Waals surface area contributed by atoms with Gasteiger partial charge in [0.05, 0.1) is 5.56 Å². The molecule has 1 aromatic rings. The van der Waals surface area contributed by atoms with Gasteiger partial charge in [0, 0.05) is 11.7 Å². The molecule has 2 rings (SSSR count). The molecule has 100 valence electrons. The number of aryl methyl sites for hydroxylation is 2. The Bertz CT molecular complexity index is 543. The van der Waals surface area contributed by atoms with Crippen LogP contribution >= 0.6 is 0 Å². The van der Waals surface area contributed by atoms with E-state index in [1.165, 1.54) is 0 Å². The van der Waals surface area contributed by atoms with Gasteiger partial charge >= 0.3 is 0 Å². The van der Waals surface area contributed by atoms with Crippen molar-refractivity contribution in [1.29, 1.82) is 5.26 Å². The van der Waals surface area contributed by atoms with Crippen LogP contribution in [0.3, 0.4) is 0 Å². The number of amides is 1. The third kappa shape index (κ3) is 3.22. The molecule has 1 aromatic heterocycles. The molecule has 5 heteroatoms. The zero-order valence-corrected chi connectivity index (χ0v) is 11.4. The van der Waals surface area contributed by atoms with Crippen molar-refractivity contribution in [2.24, 2.45) is 0 Å². The van der Waals surface area contributed by atoms with Crippen molar-refractivity contribution in [3.05, 3.63) is 22.9 Å². The van der Waals surface area contributed by atoms with Gasteiger partial charge in [0.25, 0.3) is 0 Å². The van der Waals surface area contributed by atoms with E-state index in [0.717, 1.165) is 24.1 Å². The number of carbonyl (C=O) groups excluding carboxylic acids is 1. The van der Waals surface area contributed by atoms with Gasteiger partial charge in [-0.1, -0.05) is 0 Å². The van der Waals surface area contributed by atoms with Crippen molar-refractivity contribution in [2.45, 2.75) is 45.7 Å². The first kappa shape index (κ1) is 13.3. The average molecular weight is 258 g/mol. The largest absolute Gasteiger partial charge is 0.358 e. The normalized spacial score (nSPS) is 15.5. The first-order valence-corrected chi connectivity index (χ1v) is 6.46. The van der Waals surface area contributed by atoms with E-state index in [1.54, 1.807) is 6.92 Å². The molecule has 2 N–H and O–H groups in total. The number of nitrogens with zero attached hydrogens (tertiary/aromatic N) is 2. The summed E-state index contributed by atoms with van der Waals surface area (Å²) in [5, 5.41) is 15.1. The average Bonchev–Trinajstić information content (AvgIpc) is 3.12. The minimum Gasteiger partial charge on any atom is -0.358 e. The van der Waals surface area contributed by atoms with Crippen LogP contribution in [0.2, 0.25) is 0 Å². The molecule has 0 aliphatic heterocycles. The molecule has 1 heterocycles. The molecule has 1 amide bonds. The number of nitriles is 1. The van der Waals surface area contributed by atoms with Gasteiger partial charge in [-0.2, -0.15) is 5.26 Å². The number of rotatable bonds is 4. The molecule has 1 fully saturated rings. The van der Waals surface area contributed by atoms with Crippen molar-refractivity contribution < 1.29 is 4.79 Å². The molecule has 5 nitrogen and oxygen atoms in total. The molecular formula is C14H18N4O. The smallest absolute Gasteiger partial charge is 0.242 e. The number of carbonyl (C=O) groups is 1. The maximum Gasteiger partial charge on any atom is 0.242 e. The van der Waals surface area contributed by atoms with E-state index in [2.05, 4.69) is 21.7 Å². The van der Waals surface area contributed by atoms with Gasteiger partial charge in [0.2, 0.25) is 5.91 Å². The van der Waals surface area contributed by atoms with Crippen LogP contribution in [0.25, 0.3) is 0 Å². The highest BCUT2D eigenvalue weighted by atomic mass is 16.2. The summed E-state index contributed by atoms with van der Waals surface area (Å²) in [6, 6.07) is 3.92. The fourth-order valence-corrected chi connectivity index (χ4v) is 1.91. The summed E-state index contributed by atoms with van der Waals surface area (Å²) in [6.07, 6.45) is 2.12. The van der Waals surface area contributed by atoms with Gasteiger partial charge in [-0.25, -0.2) is 4.98 Å². The Hall–Kier alpha value is -2.09.